The van der Waals surface area contributed by atoms with Gasteiger partial charge in [-0.2, -0.15) is 0 Å². The summed E-state index contributed by atoms with van der Waals surface area (Å²) < 4.78 is 18.8. The fraction of sp³-hybridized carbons (Fsp3) is 0.167. The van der Waals surface area contributed by atoms with E-state index in [1.165, 1.54) is 42.5 Å². The van der Waals surface area contributed by atoms with Crippen molar-refractivity contribution in [2.45, 2.75) is 30.3 Å². The van der Waals surface area contributed by atoms with Gasteiger partial charge in [-0.1, -0.05) is 12.1 Å². The maximum Gasteiger partial charge on any atom is 0.319 e. The molecule has 0 fully saturated rings. The number of phenols is 5. The van der Waals surface area contributed by atoms with Crippen LogP contribution in [0.15, 0.2) is 66.7 Å². The first-order valence-corrected chi connectivity index (χ1v) is 12.5. The Morgan fingerprint density at radius 1 is 0.750 bits per heavy atom. The molecular weight excluding hydrogens is 520 g/mol. The summed E-state index contributed by atoms with van der Waals surface area (Å²) in [5, 5.41) is 63.9. The zero-order valence-electron chi connectivity index (χ0n) is 20.7. The maximum absolute atomic E-state index is 14.3. The standard InChI is InChI=1S/C30H22O10/c31-16-5-1-14(2-6-16)22-10-9-19-20(34)13-24-26(27(19)38-22)29(37)28(36)25-21(35)11-18(33)12-23(25)39-30(29,40-24)15-3-7-17(32)8-4-15/h1-8,11-13,22,31-35,37H,9-10H2. The van der Waals surface area contributed by atoms with Gasteiger partial charge in [-0.05, 0) is 54.8 Å². The summed E-state index contributed by atoms with van der Waals surface area (Å²) in [6, 6.07) is 15.2. The first kappa shape index (κ1) is 24.0. The lowest BCUT2D eigenvalue weighted by atomic mass is 9.74. The molecule has 10 heteroatoms. The normalized spacial score (nSPS) is 24.0. The number of carbonyl (C=O) groups excluding carboxylic acids is 1. The molecule has 0 radical (unpaired) electrons. The van der Waals surface area contributed by atoms with Crippen molar-refractivity contribution < 1.29 is 49.6 Å². The van der Waals surface area contributed by atoms with Crippen LogP contribution >= 0.6 is 0 Å². The third-order valence-corrected chi connectivity index (χ3v) is 7.72. The number of carbonyl (C=O) groups is 1. The minimum atomic E-state index is -2.64. The number of phenolic OH excluding ortho intramolecular Hbond substituents is 5. The van der Waals surface area contributed by atoms with Crippen molar-refractivity contribution in [1.29, 1.82) is 0 Å². The number of rotatable bonds is 2. The van der Waals surface area contributed by atoms with Crippen LogP contribution in [0, 0.1) is 0 Å². The molecule has 0 amide bonds. The quantitative estimate of drug-likeness (QED) is 0.218. The zero-order valence-corrected chi connectivity index (χ0v) is 20.7. The van der Waals surface area contributed by atoms with Crippen LogP contribution in [0.1, 0.15) is 45.1 Å². The molecule has 3 unspecified atom stereocenters. The van der Waals surface area contributed by atoms with Crippen molar-refractivity contribution in [3.05, 3.63) is 94.5 Å². The Morgan fingerprint density at radius 3 is 2.10 bits per heavy atom. The highest BCUT2D eigenvalue weighted by molar-refractivity contribution is 6.10. The van der Waals surface area contributed by atoms with Gasteiger partial charge in [-0.3, -0.25) is 4.79 Å². The van der Waals surface area contributed by atoms with Gasteiger partial charge < -0.3 is 44.8 Å². The van der Waals surface area contributed by atoms with E-state index in [-0.39, 0.29) is 56.9 Å². The van der Waals surface area contributed by atoms with Gasteiger partial charge in [0.1, 0.15) is 57.7 Å². The van der Waals surface area contributed by atoms with E-state index in [0.717, 1.165) is 17.7 Å². The molecule has 0 bridgehead atoms. The van der Waals surface area contributed by atoms with Crippen molar-refractivity contribution in [3.63, 3.8) is 0 Å². The lowest BCUT2D eigenvalue weighted by Crippen LogP contribution is -2.60. The highest BCUT2D eigenvalue weighted by atomic mass is 16.7. The molecule has 0 spiro atoms. The molecule has 6 N–H and O–H groups in total. The fourth-order valence-electron chi connectivity index (χ4n) is 5.85. The predicted octanol–water partition coefficient (Wildman–Crippen LogP) is 3.99. The molecule has 3 heterocycles. The number of fused-ring (bicyclic) bond motifs is 6. The van der Waals surface area contributed by atoms with E-state index in [1.807, 2.05) is 0 Å². The van der Waals surface area contributed by atoms with Gasteiger partial charge in [0.15, 0.2) is 0 Å². The van der Waals surface area contributed by atoms with Gasteiger partial charge in [0.25, 0.3) is 0 Å². The summed E-state index contributed by atoms with van der Waals surface area (Å²) in [6.45, 7) is 0. The van der Waals surface area contributed by atoms with Crippen LogP contribution in [0.2, 0.25) is 0 Å². The van der Waals surface area contributed by atoms with E-state index in [4.69, 9.17) is 14.2 Å². The molecule has 0 aliphatic carbocycles. The number of hydrogen-bond acceptors (Lipinski definition) is 10. The first-order valence-electron chi connectivity index (χ1n) is 12.5. The maximum atomic E-state index is 14.3. The van der Waals surface area contributed by atoms with E-state index in [1.54, 1.807) is 12.1 Å². The van der Waals surface area contributed by atoms with E-state index >= 15 is 0 Å². The van der Waals surface area contributed by atoms with Gasteiger partial charge in [0.2, 0.25) is 11.4 Å². The molecule has 4 aromatic rings. The van der Waals surface area contributed by atoms with Crippen molar-refractivity contribution >= 4 is 5.78 Å². The molecule has 7 rings (SSSR count). The average Bonchev–Trinajstić information content (AvgIpc) is 3.18. The van der Waals surface area contributed by atoms with Gasteiger partial charge in [-0.15, -0.1) is 0 Å². The Balaban J connectivity index is 1.48. The van der Waals surface area contributed by atoms with Crippen molar-refractivity contribution in [2.24, 2.45) is 0 Å². The molecule has 0 saturated heterocycles. The number of aromatic hydroxyl groups is 5. The Morgan fingerprint density at radius 2 is 1.40 bits per heavy atom. The largest absolute Gasteiger partial charge is 0.508 e. The summed E-state index contributed by atoms with van der Waals surface area (Å²) >= 11 is 0. The van der Waals surface area contributed by atoms with Gasteiger partial charge in [0, 0.05) is 29.3 Å². The molecule has 40 heavy (non-hydrogen) atoms. The topological polar surface area (TPSA) is 166 Å². The van der Waals surface area contributed by atoms with Gasteiger partial charge >= 0.3 is 5.79 Å². The molecule has 3 aliphatic heterocycles. The van der Waals surface area contributed by atoms with Crippen molar-refractivity contribution in [1.82, 2.24) is 0 Å². The van der Waals surface area contributed by atoms with Gasteiger partial charge in [-0.25, -0.2) is 0 Å². The zero-order chi connectivity index (χ0) is 28.0. The Hall–Kier alpha value is -5.09. The molecular formula is C30H22O10. The highest BCUT2D eigenvalue weighted by Crippen LogP contribution is 2.64. The summed E-state index contributed by atoms with van der Waals surface area (Å²) in [5.41, 5.74) is -1.92. The van der Waals surface area contributed by atoms with Crippen LogP contribution in [-0.4, -0.2) is 36.4 Å². The number of ketones is 1. The SMILES string of the molecule is O=C1c2c(O)cc(O)cc2OC2(c3ccc(O)cc3)Oc3cc(O)c4c(c3C12O)OC(c1ccc(O)cc1)CC4. The number of benzene rings is 4. The Kier molecular flexibility index (Phi) is 4.78. The number of Topliss-reactive ketones (excluding diaryl/α,β-unsaturated/α-hetero) is 1. The minimum Gasteiger partial charge on any atom is -0.508 e. The van der Waals surface area contributed by atoms with E-state index in [2.05, 4.69) is 0 Å². The van der Waals surface area contributed by atoms with Crippen LogP contribution in [-0.2, 0) is 17.8 Å². The van der Waals surface area contributed by atoms with Crippen molar-refractivity contribution in [2.75, 3.05) is 0 Å². The summed E-state index contributed by atoms with van der Waals surface area (Å²) in [6.07, 6.45) is 0.232. The molecule has 10 nitrogen and oxygen atoms in total. The first-order chi connectivity index (χ1) is 19.1. The number of hydrogen-bond donors (Lipinski definition) is 6. The monoisotopic (exact) mass is 542 g/mol. The molecule has 0 saturated carbocycles. The highest BCUT2D eigenvalue weighted by Gasteiger charge is 2.72. The third-order valence-electron chi connectivity index (χ3n) is 7.72. The summed E-state index contributed by atoms with van der Waals surface area (Å²) in [7, 11) is 0. The molecule has 0 aromatic heterocycles. The van der Waals surface area contributed by atoms with E-state index in [0.29, 0.717) is 18.4 Å². The van der Waals surface area contributed by atoms with Crippen LogP contribution in [0.3, 0.4) is 0 Å². The molecule has 4 aromatic carbocycles. The molecule has 3 atom stereocenters. The van der Waals surface area contributed by atoms with Gasteiger partial charge in [0.05, 0.1) is 5.56 Å². The lowest BCUT2D eigenvalue weighted by Gasteiger charge is -2.43. The van der Waals surface area contributed by atoms with Crippen LogP contribution < -0.4 is 14.2 Å². The smallest absolute Gasteiger partial charge is 0.319 e. The predicted molar refractivity (Wildman–Crippen MR) is 137 cm³/mol. The number of ether oxygens (including phenoxy) is 3. The molecule has 3 aliphatic rings. The second-order valence-electron chi connectivity index (χ2n) is 10.1. The van der Waals surface area contributed by atoms with Crippen molar-refractivity contribution in [3.8, 4) is 46.0 Å². The molecule has 202 valence electrons. The Labute approximate surface area is 226 Å². The fourth-order valence-corrected chi connectivity index (χ4v) is 5.85. The van der Waals surface area contributed by atoms with Crippen LogP contribution in [0.4, 0.5) is 0 Å². The summed E-state index contributed by atoms with van der Waals surface area (Å²) in [5.74, 6) is -4.77. The third kappa shape index (κ3) is 3.04. The minimum absolute atomic E-state index is 0.0288. The Bertz CT molecular complexity index is 1710. The average molecular weight is 542 g/mol. The van der Waals surface area contributed by atoms with Crippen LogP contribution in [0.25, 0.3) is 0 Å². The summed E-state index contributed by atoms with van der Waals surface area (Å²) in [4.78, 5) is 14.3. The lowest BCUT2D eigenvalue weighted by molar-refractivity contribution is -0.218. The second kappa shape index (κ2) is 7.96. The number of aliphatic hydroxyl groups is 1. The van der Waals surface area contributed by atoms with E-state index < -0.39 is 29.0 Å². The van der Waals surface area contributed by atoms with E-state index in [9.17, 15) is 35.4 Å². The second-order valence-corrected chi connectivity index (χ2v) is 10.1. The van der Waals surface area contributed by atoms with Crippen LogP contribution in [0.5, 0.6) is 46.0 Å².